The molecule has 4 heteroatoms. The lowest BCUT2D eigenvalue weighted by Crippen LogP contribution is -2.32. The molecule has 0 aliphatic rings. The van der Waals surface area contributed by atoms with Crippen molar-refractivity contribution in [1.82, 2.24) is 5.32 Å². The lowest BCUT2D eigenvalue weighted by Gasteiger charge is -2.12. The molecular weight excluding hydrogens is 308 g/mol. The number of benzene rings is 1. The first-order valence-corrected chi connectivity index (χ1v) is 5.88. The predicted octanol–water partition coefficient (Wildman–Crippen LogP) is 2.96. The Hall–Kier alpha value is -0.650. The first-order chi connectivity index (χ1) is 7.04. The van der Waals surface area contributed by atoms with Crippen molar-refractivity contribution in [3.8, 4) is 0 Å². The van der Waals surface area contributed by atoms with Crippen LogP contribution in [0.5, 0.6) is 0 Å². The Morgan fingerprint density at radius 3 is 2.87 bits per heavy atom. The average molecular weight is 321 g/mol. The quantitative estimate of drug-likeness (QED) is 0.852. The fourth-order valence-electron chi connectivity index (χ4n) is 1.08. The minimum atomic E-state index is -0.385. The van der Waals surface area contributed by atoms with E-state index in [1.807, 2.05) is 36.4 Å². The second-order valence-corrected chi connectivity index (χ2v) is 4.57. The molecule has 1 aromatic rings. The van der Waals surface area contributed by atoms with Crippen LogP contribution in [0.3, 0.4) is 0 Å². The van der Waals surface area contributed by atoms with Gasteiger partial charge in [0.05, 0.1) is 5.56 Å². The van der Waals surface area contributed by atoms with E-state index in [-0.39, 0.29) is 17.8 Å². The molecule has 1 rings (SSSR count). The van der Waals surface area contributed by atoms with Gasteiger partial charge in [-0.05, 0) is 54.1 Å². The van der Waals surface area contributed by atoms with Gasteiger partial charge in [-0.15, -0.1) is 0 Å². The summed E-state index contributed by atoms with van der Waals surface area (Å²) in [5.74, 6) is -0.599. The smallest absolute Gasteiger partial charge is 0.252 e. The van der Waals surface area contributed by atoms with Crippen LogP contribution in [0.4, 0.5) is 4.39 Å². The molecule has 0 radical (unpaired) electrons. The minimum absolute atomic E-state index is 0.108. The number of rotatable bonds is 3. The lowest BCUT2D eigenvalue weighted by atomic mass is 10.2. The van der Waals surface area contributed by atoms with Gasteiger partial charge in [-0.1, -0.05) is 6.92 Å². The Morgan fingerprint density at radius 1 is 1.60 bits per heavy atom. The molecule has 0 bridgehead atoms. The standard InChI is InChI=1S/C11H13FINO/c1-3-7(2)14-11(15)9-6-8(12)4-5-10(9)13/h4-7H,3H2,1-2H3,(H,14,15)/t7-/m0/s1. The Labute approximate surface area is 102 Å². The van der Waals surface area contributed by atoms with Crippen molar-refractivity contribution in [3.05, 3.63) is 33.1 Å². The topological polar surface area (TPSA) is 29.1 Å². The summed E-state index contributed by atoms with van der Waals surface area (Å²) in [7, 11) is 0. The van der Waals surface area contributed by atoms with Gasteiger partial charge in [0.1, 0.15) is 5.82 Å². The number of carbonyl (C=O) groups is 1. The van der Waals surface area contributed by atoms with E-state index in [1.54, 1.807) is 6.07 Å². The Bertz CT molecular complexity index is 368. The molecule has 0 saturated carbocycles. The second kappa shape index (κ2) is 5.44. The summed E-state index contributed by atoms with van der Waals surface area (Å²) in [6.45, 7) is 3.91. The minimum Gasteiger partial charge on any atom is -0.350 e. The van der Waals surface area contributed by atoms with E-state index in [9.17, 15) is 9.18 Å². The molecule has 0 saturated heterocycles. The van der Waals surface area contributed by atoms with Crippen LogP contribution < -0.4 is 5.32 Å². The van der Waals surface area contributed by atoms with E-state index in [0.717, 1.165) is 9.99 Å². The van der Waals surface area contributed by atoms with Crippen LogP contribution >= 0.6 is 22.6 Å². The molecule has 0 aliphatic heterocycles. The highest BCUT2D eigenvalue weighted by molar-refractivity contribution is 14.1. The normalized spacial score (nSPS) is 12.3. The van der Waals surface area contributed by atoms with Gasteiger partial charge in [-0.3, -0.25) is 4.79 Å². The van der Waals surface area contributed by atoms with Gasteiger partial charge in [0.25, 0.3) is 5.91 Å². The first kappa shape index (κ1) is 12.4. The van der Waals surface area contributed by atoms with Crippen LogP contribution in [0.1, 0.15) is 30.6 Å². The SMILES string of the molecule is CC[C@H](C)NC(=O)c1cc(F)ccc1I. The maximum Gasteiger partial charge on any atom is 0.252 e. The number of carbonyl (C=O) groups excluding carboxylic acids is 1. The maximum absolute atomic E-state index is 12.9. The Morgan fingerprint density at radius 2 is 2.27 bits per heavy atom. The predicted molar refractivity (Wildman–Crippen MR) is 66.3 cm³/mol. The second-order valence-electron chi connectivity index (χ2n) is 3.41. The molecule has 0 heterocycles. The van der Waals surface area contributed by atoms with Crippen LogP contribution in [0.25, 0.3) is 0 Å². The fraction of sp³-hybridized carbons (Fsp3) is 0.364. The van der Waals surface area contributed by atoms with Gasteiger partial charge in [0.2, 0.25) is 0 Å². The van der Waals surface area contributed by atoms with Gasteiger partial charge in [-0.2, -0.15) is 0 Å². The van der Waals surface area contributed by atoms with Gasteiger partial charge in [0.15, 0.2) is 0 Å². The molecule has 15 heavy (non-hydrogen) atoms. The van der Waals surface area contributed by atoms with Gasteiger partial charge < -0.3 is 5.32 Å². The largest absolute Gasteiger partial charge is 0.350 e. The van der Waals surface area contributed by atoms with Crippen LogP contribution in [0, 0.1) is 9.39 Å². The molecule has 0 aliphatic carbocycles. The molecule has 1 atom stereocenters. The summed E-state index contributed by atoms with van der Waals surface area (Å²) in [6.07, 6.45) is 0.859. The number of amides is 1. The van der Waals surface area contributed by atoms with Crippen molar-refractivity contribution in [2.45, 2.75) is 26.3 Å². The summed E-state index contributed by atoms with van der Waals surface area (Å²) in [5, 5.41) is 2.80. The Balaban J connectivity index is 2.86. The molecule has 1 N–H and O–H groups in total. The van der Waals surface area contributed by atoms with E-state index < -0.39 is 0 Å². The third kappa shape index (κ3) is 3.44. The summed E-state index contributed by atoms with van der Waals surface area (Å²) in [6, 6.07) is 4.32. The molecule has 1 aromatic carbocycles. The van der Waals surface area contributed by atoms with Crippen molar-refractivity contribution in [1.29, 1.82) is 0 Å². The van der Waals surface area contributed by atoms with Gasteiger partial charge >= 0.3 is 0 Å². The van der Waals surface area contributed by atoms with Crippen molar-refractivity contribution in [2.75, 3.05) is 0 Å². The zero-order chi connectivity index (χ0) is 11.4. The van der Waals surface area contributed by atoms with Crippen LogP contribution in [-0.2, 0) is 0 Å². The molecule has 1 amide bonds. The third-order valence-electron chi connectivity index (χ3n) is 2.16. The molecule has 0 fully saturated rings. The number of hydrogen-bond donors (Lipinski definition) is 1. The molecule has 0 spiro atoms. The lowest BCUT2D eigenvalue weighted by molar-refractivity contribution is 0.0938. The van der Waals surface area contributed by atoms with E-state index in [2.05, 4.69) is 5.32 Å². The Kier molecular flexibility index (Phi) is 4.50. The maximum atomic E-state index is 12.9. The van der Waals surface area contributed by atoms with Gasteiger partial charge in [-0.25, -0.2) is 4.39 Å². The molecule has 2 nitrogen and oxygen atoms in total. The van der Waals surface area contributed by atoms with E-state index in [1.165, 1.54) is 12.1 Å². The van der Waals surface area contributed by atoms with Gasteiger partial charge in [0, 0.05) is 9.61 Å². The highest BCUT2D eigenvalue weighted by Gasteiger charge is 2.12. The highest BCUT2D eigenvalue weighted by atomic mass is 127. The van der Waals surface area contributed by atoms with Crippen LogP contribution in [0.15, 0.2) is 18.2 Å². The summed E-state index contributed by atoms with van der Waals surface area (Å²) in [5.41, 5.74) is 0.399. The van der Waals surface area contributed by atoms with E-state index in [4.69, 9.17) is 0 Å². The van der Waals surface area contributed by atoms with E-state index >= 15 is 0 Å². The third-order valence-corrected chi connectivity index (χ3v) is 3.10. The molecular formula is C11H13FINO. The molecule has 0 aromatic heterocycles. The zero-order valence-electron chi connectivity index (χ0n) is 8.68. The van der Waals surface area contributed by atoms with Crippen LogP contribution in [-0.4, -0.2) is 11.9 Å². The number of hydrogen-bond acceptors (Lipinski definition) is 1. The summed E-state index contributed by atoms with van der Waals surface area (Å²) >= 11 is 2.02. The van der Waals surface area contributed by atoms with Crippen molar-refractivity contribution in [3.63, 3.8) is 0 Å². The molecule has 82 valence electrons. The van der Waals surface area contributed by atoms with Crippen molar-refractivity contribution < 1.29 is 9.18 Å². The van der Waals surface area contributed by atoms with Crippen LogP contribution in [0.2, 0.25) is 0 Å². The van der Waals surface area contributed by atoms with Crippen molar-refractivity contribution >= 4 is 28.5 Å². The molecule has 0 unspecified atom stereocenters. The fourth-order valence-corrected chi connectivity index (χ4v) is 1.66. The summed E-state index contributed by atoms with van der Waals surface area (Å²) < 4.78 is 13.7. The summed E-state index contributed by atoms with van der Waals surface area (Å²) in [4.78, 5) is 11.7. The highest BCUT2D eigenvalue weighted by Crippen LogP contribution is 2.14. The average Bonchev–Trinajstić information content (AvgIpc) is 2.21. The first-order valence-electron chi connectivity index (χ1n) is 4.80. The number of halogens is 2. The zero-order valence-corrected chi connectivity index (χ0v) is 10.8. The van der Waals surface area contributed by atoms with E-state index in [0.29, 0.717) is 5.56 Å². The monoisotopic (exact) mass is 321 g/mol. The van der Waals surface area contributed by atoms with Crippen molar-refractivity contribution in [2.24, 2.45) is 0 Å². The number of nitrogens with one attached hydrogen (secondary N) is 1.